The van der Waals surface area contributed by atoms with E-state index in [1.807, 2.05) is 6.92 Å². The van der Waals surface area contributed by atoms with E-state index in [0.717, 1.165) is 37.1 Å². The number of aliphatic hydroxyl groups excluding tert-OH is 1. The van der Waals surface area contributed by atoms with Gasteiger partial charge in [0, 0.05) is 12.1 Å². The SMILES string of the molecule is C=C(C)COc1ccc(C(=O)N2CCCC[C@@H]2CO)cc1. The molecule has 1 N–H and O–H groups in total. The Kier molecular flexibility index (Phi) is 5.39. The normalized spacial score (nSPS) is 18.4. The van der Waals surface area contributed by atoms with Crippen molar-refractivity contribution in [1.29, 1.82) is 0 Å². The number of hydrogen-bond donors (Lipinski definition) is 1. The van der Waals surface area contributed by atoms with Crippen molar-refractivity contribution in [3.05, 3.63) is 42.0 Å². The summed E-state index contributed by atoms with van der Waals surface area (Å²) < 4.78 is 5.53. The van der Waals surface area contributed by atoms with Gasteiger partial charge in [0.15, 0.2) is 0 Å². The van der Waals surface area contributed by atoms with Crippen LogP contribution in [0, 0.1) is 0 Å². The van der Waals surface area contributed by atoms with Crippen LogP contribution in [0.1, 0.15) is 36.5 Å². The van der Waals surface area contributed by atoms with Gasteiger partial charge in [-0.25, -0.2) is 0 Å². The fourth-order valence-corrected chi connectivity index (χ4v) is 2.52. The summed E-state index contributed by atoms with van der Waals surface area (Å²) in [5.41, 5.74) is 1.59. The number of amides is 1. The van der Waals surface area contributed by atoms with Crippen LogP contribution in [0.25, 0.3) is 0 Å². The maximum atomic E-state index is 12.5. The lowest BCUT2D eigenvalue weighted by atomic mass is 10.0. The van der Waals surface area contributed by atoms with Gasteiger partial charge in [0.05, 0.1) is 12.6 Å². The van der Waals surface area contributed by atoms with Gasteiger partial charge in [0.1, 0.15) is 12.4 Å². The molecule has 1 aliphatic rings. The molecule has 1 atom stereocenters. The van der Waals surface area contributed by atoms with Gasteiger partial charge in [-0.15, -0.1) is 0 Å². The zero-order chi connectivity index (χ0) is 15.2. The molecule has 21 heavy (non-hydrogen) atoms. The minimum atomic E-state index is -0.0504. The van der Waals surface area contributed by atoms with E-state index in [4.69, 9.17) is 4.74 Å². The number of carbonyl (C=O) groups excluding carboxylic acids is 1. The molecule has 1 aromatic carbocycles. The molecule has 0 bridgehead atoms. The van der Waals surface area contributed by atoms with E-state index in [-0.39, 0.29) is 18.6 Å². The van der Waals surface area contributed by atoms with Crippen molar-refractivity contribution in [2.24, 2.45) is 0 Å². The Morgan fingerprint density at radius 1 is 1.38 bits per heavy atom. The van der Waals surface area contributed by atoms with E-state index in [2.05, 4.69) is 6.58 Å². The molecule has 4 nitrogen and oxygen atoms in total. The molecule has 0 aromatic heterocycles. The van der Waals surface area contributed by atoms with E-state index in [1.165, 1.54) is 0 Å². The predicted octanol–water partition coefficient (Wildman–Crippen LogP) is 2.63. The van der Waals surface area contributed by atoms with Crippen molar-refractivity contribution in [2.45, 2.75) is 32.2 Å². The first-order chi connectivity index (χ1) is 10.1. The number of ether oxygens (including phenoxy) is 1. The highest BCUT2D eigenvalue weighted by Crippen LogP contribution is 2.21. The highest BCUT2D eigenvalue weighted by atomic mass is 16.5. The standard InChI is InChI=1S/C17H23NO3/c1-13(2)12-21-16-8-6-14(7-9-16)17(20)18-10-4-3-5-15(18)11-19/h6-9,15,19H,1,3-5,10-12H2,2H3/t15-/m1/s1. The van der Waals surface area contributed by atoms with Crippen LogP contribution in [0.4, 0.5) is 0 Å². The smallest absolute Gasteiger partial charge is 0.254 e. The quantitative estimate of drug-likeness (QED) is 0.848. The topological polar surface area (TPSA) is 49.8 Å². The first-order valence-corrected chi connectivity index (χ1v) is 7.41. The number of likely N-dealkylation sites (tertiary alicyclic amines) is 1. The Labute approximate surface area is 126 Å². The van der Waals surface area contributed by atoms with Crippen LogP contribution in [0.2, 0.25) is 0 Å². The van der Waals surface area contributed by atoms with Gasteiger partial charge in [-0.05, 0) is 56.0 Å². The molecule has 0 spiro atoms. The van der Waals surface area contributed by atoms with Crippen molar-refractivity contribution < 1.29 is 14.6 Å². The Morgan fingerprint density at radius 2 is 2.10 bits per heavy atom. The minimum absolute atomic E-state index is 0.0137. The first-order valence-electron chi connectivity index (χ1n) is 7.41. The van der Waals surface area contributed by atoms with Crippen LogP contribution >= 0.6 is 0 Å². The molecule has 1 aromatic rings. The third-order valence-electron chi connectivity index (χ3n) is 3.69. The Balaban J connectivity index is 2.03. The maximum Gasteiger partial charge on any atom is 0.254 e. The zero-order valence-corrected chi connectivity index (χ0v) is 12.5. The average molecular weight is 289 g/mol. The summed E-state index contributed by atoms with van der Waals surface area (Å²) in [6, 6.07) is 7.10. The summed E-state index contributed by atoms with van der Waals surface area (Å²) in [6.07, 6.45) is 2.95. The third-order valence-corrected chi connectivity index (χ3v) is 3.69. The number of aliphatic hydroxyl groups is 1. The van der Waals surface area contributed by atoms with Gasteiger partial charge in [-0.2, -0.15) is 0 Å². The molecule has 1 amide bonds. The lowest BCUT2D eigenvalue weighted by Gasteiger charge is -2.34. The van der Waals surface area contributed by atoms with Gasteiger partial charge in [0.25, 0.3) is 5.91 Å². The second-order valence-electron chi connectivity index (χ2n) is 5.60. The summed E-state index contributed by atoms with van der Waals surface area (Å²) in [5, 5.41) is 9.40. The van der Waals surface area contributed by atoms with Gasteiger partial charge < -0.3 is 14.7 Å². The van der Waals surface area contributed by atoms with Crippen LogP contribution < -0.4 is 4.74 Å². The van der Waals surface area contributed by atoms with Crippen LogP contribution in [-0.4, -0.2) is 41.7 Å². The molecule has 0 unspecified atom stereocenters. The second-order valence-corrected chi connectivity index (χ2v) is 5.60. The highest BCUT2D eigenvalue weighted by molar-refractivity contribution is 5.94. The van der Waals surface area contributed by atoms with Gasteiger partial charge in [-0.1, -0.05) is 6.58 Å². The highest BCUT2D eigenvalue weighted by Gasteiger charge is 2.26. The van der Waals surface area contributed by atoms with Crippen LogP contribution in [0.5, 0.6) is 5.75 Å². The molecule has 0 aliphatic carbocycles. The molecule has 1 fully saturated rings. The number of rotatable bonds is 5. The molecule has 0 radical (unpaired) electrons. The number of hydrogen-bond acceptors (Lipinski definition) is 3. The van der Waals surface area contributed by atoms with Gasteiger partial charge >= 0.3 is 0 Å². The number of carbonyl (C=O) groups is 1. The van der Waals surface area contributed by atoms with E-state index in [9.17, 15) is 9.90 Å². The number of nitrogens with zero attached hydrogens (tertiary/aromatic N) is 1. The predicted molar refractivity (Wildman–Crippen MR) is 82.5 cm³/mol. The average Bonchev–Trinajstić information content (AvgIpc) is 2.52. The number of piperidine rings is 1. The summed E-state index contributed by atoms with van der Waals surface area (Å²) in [7, 11) is 0. The molecule has 2 rings (SSSR count). The summed E-state index contributed by atoms with van der Waals surface area (Å²) in [5.74, 6) is 0.715. The molecule has 0 saturated carbocycles. The molecular formula is C17H23NO3. The van der Waals surface area contributed by atoms with E-state index < -0.39 is 0 Å². The number of benzene rings is 1. The molecule has 1 heterocycles. The Hall–Kier alpha value is -1.81. The van der Waals surface area contributed by atoms with Crippen molar-refractivity contribution in [2.75, 3.05) is 19.8 Å². The summed E-state index contributed by atoms with van der Waals surface area (Å²) in [6.45, 7) is 6.92. The lowest BCUT2D eigenvalue weighted by Crippen LogP contribution is -2.45. The Morgan fingerprint density at radius 3 is 2.71 bits per heavy atom. The monoisotopic (exact) mass is 289 g/mol. The maximum absolute atomic E-state index is 12.5. The molecule has 114 valence electrons. The Bertz CT molecular complexity index is 495. The third kappa shape index (κ3) is 4.08. The van der Waals surface area contributed by atoms with Crippen LogP contribution in [-0.2, 0) is 0 Å². The van der Waals surface area contributed by atoms with E-state index in [1.54, 1.807) is 29.2 Å². The van der Waals surface area contributed by atoms with Crippen molar-refractivity contribution in [3.63, 3.8) is 0 Å². The zero-order valence-electron chi connectivity index (χ0n) is 12.5. The molecule has 1 saturated heterocycles. The van der Waals surface area contributed by atoms with E-state index >= 15 is 0 Å². The summed E-state index contributed by atoms with van der Waals surface area (Å²) >= 11 is 0. The van der Waals surface area contributed by atoms with Crippen molar-refractivity contribution in [3.8, 4) is 5.75 Å². The van der Waals surface area contributed by atoms with Crippen molar-refractivity contribution >= 4 is 5.91 Å². The minimum Gasteiger partial charge on any atom is -0.489 e. The van der Waals surface area contributed by atoms with Gasteiger partial charge in [0.2, 0.25) is 0 Å². The molecule has 4 heteroatoms. The summed E-state index contributed by atoms with van der Waals surface area (Å²) in [4.78, 5) is 14.3. The molecule has 1 aliphatic heterocycles. The molecular weight excluding hydrogens is 266 g/mol. The second kappa shape index (κ2) is 7.27. The largest absolute Gasteiger partial charge is 0.489 e. The lowest BCUT2D eigenvalue weighted by molar-refractivity contribution is 0.0503. The van der Waals surface area contributed by atoms with Crippen LogP contribution in [0.3, 0.4) is 0 Å². The van der Waals surface area contributed by atoms with Crippen LogP contribution in [0.15, 0.2) is 36.4 Å². The van der Waals surface area contributed by atoms with E-state index in [0.29, 0.717) is 12.2 Å². The van der Waals surface area contributed by atoms with Gasteiger partial charge in [-0.3, -0.25) is 4.79 Å². The van der Waals surface area contributed by atoms with Crippen molar-refractivity contribution in [1.82, 2.24) is 4.90 Å². The fourth-order valence-electron chi connectivity index (χ4n) is 2.52. The fraction of sp³-hybridized carbons (Fsp3) is 0.471. The first kappa shape index (κ1) is 15.6.